The van der Waals surface area contributed by atoms with E-state index in [1.165, 1.54) is 6.07 Å². The van der Waals surface area contributed by atoms with Gasteiger partial charge in [0.2, 0.25) is 6.79 Å². The minimum absolute atomic E-state index is 0.176. The third-order valence-electron chi connectivity index (χ3n) is 1.81. The molecule has 1 aliphatic heterocycles. The van der Waals surface area contributed by atoms with Crippen LogP contribution < -0.4 is 9.47 Å². The first-order chi connectivity index (χ1) is 5.81. The Morgan fingerprint density at radius 1 is 1.33 bits per heavy atom. The van der Waals surface area contributed by atoms with Gasteiger partial charge >= 0.3 is 0 Å². The number of fused-ring (bicyclic) bond motifs is 1. The van der Waals surface area contributed by atoms with Gasteiger partial charge in [0.15, 0.2) is 11.5 Å². The van der Waals surface area contributed by atoms with Crippen LogP contribution in [-0.2, 0) is 6.42 Å². The molecule has 1 radical (unpaired) electrons. The van der Waals surface area contributed by atoms with Crippen LogP contribution in [0.2, 0.25) is 0 Å². The second-order valence-electron chi connectivity index (χ2n) is 2.55. The highest BCUT2D eigenvalue weighted by atomic mass is 19.1. The van der Waals surface area contributed by atoms with Gasteiger partial charge in [0.25, 0.3) is 0 Å². The van der Waals surface area contributed by atoms with Crippen LogP contribution in [0.3, 0.4) is 0 Å². The van der Waals surface area contributed by atoms with Gasteiger partial charge in [-0.05, 0) is 25.0 Å². The minimum atomic E-state index is -0.283. The van der Waals surface area contributed by atoms with E-state index >= 15 is 0 Å². The fourth-order valence-electron chi connectivity index (χ4n) is 1.15. The topological polar surface area (TPSA) is 18.5 Å². The molecule has 1 aromatic carbocycles. The van der Waals surface area contributed by atoms with Gasteiger partial charge in [-0.2, -0.15) is 0 Å². The smallest absolute Gasteiger partial charge is 0.231 e. The standard InChI is InChI=1S/C9H8FO2/c1-2-6-3-8-9(4-7(6)10)12-5-11-8/h3-4H,1-2,5H2. The number of hydrogen-bond acceptors (Lipinski definition) is 2. The zero-order valence-electron chi connectivity index (χ0n) is 6.47. The zero-order valence-corrected chi connectivity index (χ0v) is 6.47. The lowest BCUT2D eigenvalue weighted by Gasteiger charge is -2.00. The Bertz CT molecular complexity index is 309. The first-order valence-electron chi connectivity index (χ1n) is 3.68. The third kappa shape index (κ3) is 1.02. The van der Waals surface area contributed by atoms with Crippen molar-refractivity contribution in [2.75, 3.05) is 6.79 Å². The van der Waals surface area contributed by atoms with Gasteiger partial charge < -0.3 is 9.47 Å². The summed E-state index contributed by atoms with van der Waals surface area (Å²) >= 11 is 0. The van der Waals surface area contributed by atoms with E-state index in [0.717, 1.165) is 0 Å². The molecule has 3 heteroatoms. The van der Waals surface area contributed by atoms with E-state index in [-0.39, 0.29) is 12.6 Å². The predicted octanol–water partition coefficient (Wildman–Crippen LogP) is 1.93. The number of ether oxygens (including phenoxy) is 2. The Morgan fingerprint density at radius 3 is 2.67 bits per heavy atom. The van der Waals surface area contributed by atoms with Gasteiger partial charge in [-0.15, -0.1) is 0 Å². The maximum Gasteiger partial charge on any atom is 0.231 e. The van der Waals surface area contributed by atoms with Crippen molar-refractivity contribution in [3.05, 3.63) is 30.4 Å². The summed E-state index contributed by atoms with van der Waals surface area (Å²) in [6.45, 7) is 3.78. The fraction of sp³-hybridized carbons (Fsp3) is 0.222. The first-order valence-corrected chi connectivity index (χ1v) is 3.68. The molecule has 1 aromatic rings. The Labute approximate surface area is 69.9 Å². The van der Waals surface area contributed by atoms with Crippen LogP contribution in [0.15, 0.2) is 12.1 Å². The molecule has 0 spiro atoms. The normalized spacial score (nSPS) is 13.5. The lowest BCUT2D eigenvalue weighted by atomic mass is 10.1. The van der Waals surface area contributed by atoms with Crippen molar-refractivity contribution in [1.29, 1.82) is 0 Å². The van der Waals surface area contributed by atoms with Crippen LogP contribution in [-0.4, -0.2) is 6.79 Å². The lowest BCUT2D eigenvalue weighted by Crippen LogP contribution is -1.92. The van der Waals surface area contributed by atoms with Crippen LogP contribution >= 0.6 is 0 Å². The summed E-state index contributed by atoms with van der Waals surface area (Å²) in [6, 6.07) is 2.97. The summed E-state index contributed by atoms with van der Waals surface area (Å²) in [6.07, 6.45) is 0.419. The summed E-state index contributed by atoms with van der Waals surface area (Å²) < 4.78 is 23.1. The molecule has 1 aliphatic rings. The molecule has 0 N–H and O–H groups in total. The summed E-state index contributed by atoms with van der Waals surface area (Å²) in [5.74, 6) is 0.800. The van der Waals surface area contributed by atoms with Crippen molar-refractivity contribution in [2.24, 2.45) is 0 Å². The maximum atomic E-state index is 13.1. The monoisotopic (exact) mass is 167 g/mol. The lowest BCUT2D eigenvalue weighted by molar-refractivity contribution is 0.174. The molecule has 0 amide bonds. The van der Waals surface area contributed by atoms with Gasteiger partial charge in [0.05, 0.1) is 0 Å². The van der Waals surface area contributed by atoms with Crippen molar-refractivity contribution in [3.63, 3.8) is 0 Å². The van der Waals surface area contributed by atoms with E-state index < -0.39 is 0 Å². The van der Waals surface area contributed by atoms with Gasteiger partial charge in [-0.25, -0.2) is 4.39 Å². The summed E-state index contributed by atoms with van der Waals surface area (Å²) in [4.78, 5) is 0. The van der Waals surface area contributed by atoms with E-state index in [0.29, 0.717) is 23.5 Å². The molecule has 0 aliphatic carbocycles. The molecule has 0 atom stereocenters. The van der Waals surface area contributed by atoms with E-state index in [1.54, 1.807) is 6.07 Å². The van der Waals surface area contributed by atoms with E-state index in [4.69, 9.17) is 9.47 Å². The highest BCUT2D eigenvalue weighted by molar-refractivity contribution is 5.45. The third-order valence-corrected chi connectivity index (χ3v) is 1.81. The Morgan fingerprint density at radius 2 is 2.00 bits per heavy atom. The van der Waals surface area contributed by atoms with E-state index in [2.05, 4.69) is 6.92 Å². The van der Waals surface area contributed by atoms with Crippen LogP contribution in [0.25, 0.3) is 0 Å². The second-order valence-corrected chi connectivity index (χ2v) is 2.55. The molecule has 0 aromatic heterocycles. The Balaban J connectivity index is 2.49. The van der Waals surface area contributed by atoms with Crippen LogP contribution in [0.4, 0.5) is 4.39 Å². The predicted molar refractivity (Wildman–Crippen MR) is 41.6 cm³/mol. The molecule has 2 rings (SSSR count). The number of halogens is 1. The summed E-state index contributed by atoms with van der Waals surface area (Å²) in [5.41, 5.74) is 0.555. The second kappa shape index (κ2) is 2.66. The van der Waals surface area contributed by atoms with Gasteiger partial charge in [-0.1, -0.05) is 0 Å². The number of hydrogen-bond donors (Lipinski definition) is 0. The average molecular weight is 167 g/mol. The van der Waals surface area contributed by atoms with Crippen LogP contribution in [0.1, 0.15) is 5.56 Å². The van der Waals surface area contributed by atoms with E-state index in [1.807, 2.05) is 0 Å². The van der Waals surface area contributed by atoms with Gasteiger partial charge in [0, 0.05) is 6.07 Å². The first kappa shape index (κ1) is 7.40. The SMILES string of the molecule is [CH2]Cc1cc2c(cc1F)OCO2. The van der Waals surface area contributed by atoms with Crippen LogP contribution in [0, 0.1) is 12.7 Å². The average Bonchev–Trinajstić information content (AvgIpc) is 2.49. The molecule has 0 saturated carbocycles. The van der Waals surface area contributed by atoms with Gasteiger partial charge in [-0.3, -0.25) is 0 Å². The van der Waals surface area contributed by atoms with Crippen molar-refractivity contribution < 1.29 is 13.9 Å². The molecule has 0 bridgehead atoms. The molecule has 63 valence electrons. The summed E-state index contributed by atoms with van der Waals surface area (Å²) in [5, 5.41) is 0. The minimum Gasteiger partial charge on any atom is -0.454 e. The maximum absolute atomic E-state index is 13.1. The number of rotatable bonds is 1. The van der Waals surface area contributed by atoms with Crippen molar-refractivity contribution in [2.45, 2.75) is 6.42 Å². The molecule has 1 heterocycles. The molecule has 2 nitrogen and oxygen atoms in total. The van der Waals surface area contributed by atoms with E-state index in [9.17, 15) is 4.39 Å². The highest BCUT2D eigenvalue weighted by Crippen LogP contribution is 2.34. The largest absolute Gasteiger partial charge is 0.454 e. The summed E-state index contributed by atoms with van der Waals surface area (Å²) in [7, 11) is 0. The van der Waals surface area contributed by atoms with Crippen molar-refractivity contribution >= 4 is 0 Å². The van der Waals surface area contributed by atoms with Gasteiger partial charge in [0.1, 0.15) is 5.82 Å². The quantitative estimate of drug-likeness (QED) is 0.636. The fourth-order valence-corrected chi connectivity index (χ4v) is 1.15. The zero-order chi connectivity index (χ0) is 8.55. The highest BCUT2D eigenvalue weighted by Gasteiger charge is 2.16. The molecule has 0 saturated heterocycles. The Kier molecular flexibility index (Phi) is 1.64. The molecule has 0 unspecified atom stereocenters. The van der Waals surface area contributed by atoms with Crippen LogP contribution in [0.5, 0.6) is 11.5 Å². The number of benzene rings is 1. The molecule has 0 fully saturated rings. The van der Waals surface area contributed by atoms with Crippen molar-refractivity contribution in [3.8, 4) is 11.5 Å². The molecule has 12 heavy (non-hydrogen) atoms. The van der Waals surface area contributed by atoms with Crippen molar-refractivity contribution in [1.82, 2.24) is 0 Å². The molecular weight excluding hydrogens is 159 g/mol. The Hall–Kier alpha value is -1.25. The molecular formula is C9H8FO2.